The highest BCUT2D eigenvalue weighted by molar-refractivity contribution is 5.83. The zero-order valence-electron chi connectivity index (χ0n) is 31.4. The lowest BCUT2D eigenvalue weighted by Gasteiger charge is -2.45. The number of benzene rings is 1. The van der Waals surface area contributed by atoms with Gasteiger partial charge in [0.15, 0.2) is 0 Å². The van der Waals surface area contributed by atoms with E-state index in [4.69, 9.17) is 0 Å². The molecular formula is C54H50. The summed E-state index contributed by atoms with van der Waals surface area (Å²) in [7, 11) is 0. The van der Waals surface area contributed by atoms with Crippen LogP contribution in [0.4, 0.5) is 0 Å². The van der Waals surface area contributed by atoms with Gasteiger partial charge in [0.1, 0.15) is 0 Å². The Hall–Kier alpha value is -4.94. The molecule has 1 aromatic rings. The van der Waals surface area contributed by atoms with Gasteiger partial charge in [0, 0.05) is 29.6 Å². The van der Waals surface area contributed by atoms with Gasteiger partial charge in [0.25, 0.3) is 0 Å². The van der Waals surface area contributed by atoms with Crippen molar-refractivity contribution >= 4 is 11.1 Å². The summed E-state index contributed by atoms with van der Waals surface area (Å²) in [6.45, 7) is 0. The van der Waals surface area contributed by atoms with E-state index in [9.17, 15) is 0 Å². The molecule has 1 aromatic carbocycles. The van der Waals surface area contributed by atoms with Gasteiger partial charge in [-0.25, -0.2) is 0 Å². The average molecular weight is 699 g/mol. The molecule has 0 saturated heterocycles. The minimum Gasteiger partial charge on any atom is -0.0842 e. The van der Waals surface area contributed by atoms with E-state index in [1.807, 2.05) is 0 Å². The maximum Gasteiger partial charge on any atom is 0.0134 e. The molecule has 11 rings (SSSR count). The molecule has 0 N–H and O–H groups in total. The van der Waals surface area contributed by atoms with Crippen LogP contribution in [0, 0.1) is 35.5 Å². The van der Waals surface area contributed by atoms with Crippen molar-refractivity contribution in [1.29, 1.82) is 0 Å². The topological polar surface area (TPSA) is 0 Å². The number of allylic oxidation sites excluding steroid dienone is 30. The van der Waals surface area contributed by atoms with E-state index in [2.05, 4.69) is 146 Å². The Morgan fingerprint density at radius 1 is 0.537 bits per heavy atom. The minimum absolute atomic E-state index is 0.374. The molecule has 0 bridgehead atoms. The molecule has 0 heteroatoms. The third-order valence-electron chi connectivity index (χ3n) is 14.4. The largest absolute Gasteiger partial charge is 0.0842 e. The lowest BCUT2D eigenvalue weighted by Crippen LogP contribution is -2.41. The fraction of sp³-hybridized carbons (Fsp3) is 0.296. The summed E-state index contributed by atoms with van der Waals surface area (Å²) in [5.41, 5.74) is 19.0. The zero-order valence-corrected chi connectivity index (χ0v) is 31.4. The number of fused-ring (bicyclic) bond motifs is 3. The molecule has 54 heavy (non-hydrogen) atoms. The standard InChI is InChI=1S/C54H50/c1-2-11-36(12-3-1)43-32-29-37(42-15-4-5-16-44(42)43)24-21-35-22-25-40(26-23-35)52-45-17-6-8-19-47(45)54(48-20-9-7-18-46(48)52)50-34-31-41-28-27-38-13-10-14-39-30-33-49(50)53(41)51(38)39/h1-2,4-9,11,13,15-22,24-25,27-29,32,39,42,44-45,47,51H,3,10,12,14,23,26,30-31,33-34H2. The molecule has 0 aliphatic heterocycles. The maximum atomic E-state index is 2.55. The van der Waals surface area contributed by atoms with Crippen LogP contribution in [-0.2, 0) is 0 Å². The molecule has 266 valence electrons. The highest BCUT2D eigenvalue weighted by Crippen LogP contribution is 2.56. The predicted octanol–water partition coefficient (Wildman–Crippen LogP) is 11.8. The van der Waals surface area contributed by atoms with Crippen molar-refractivity contribution in [2.75, 3.05) is 0 Å². The van der Waals surface area contributed by atoms with Crippen molar-refractivity contribution in [2.45, 2.75) is 64.2 Å². The van der Waals surface area contributed by atoms with Crippen LogP contribution < -0.4 is 10.4 Å². The Morgan fingerprint density at radius 2 is 1.33 bits per heavy atom. The van der Waals surface area contributed by atoms with Gasteiger partial charge in [-0.3, -0.25) is 0 Å². The summed E-state index contributed by atoms with van der Waals surface area (Å²) >= 11 is 0. The van der Waals surface area contributed by atoms with Gasteiger partial charge < -0.3 is 0 Å². The van der Waals surface area contributed by atoms with Crippen LogP contribution in [0.2, 0.25) is 0 Å². The Labute approximate surface area is 321 Å². The second-order valence-corrected chi connectivity index (χ2v) is 17.0. The average Bonchev–Trinajstić information content (AvgIpc) is 3.24. The third kappa shape index (κ3) is 5.31. The van der Waals surface area contributed by atoms with Crippen LogP contribution in [0.3, 0.4) is 0 Å². The van der Waals surface area contributed by atoms with Gasteiger partial charge in [0.2, 0.25) is 0 Å². The summed E-state index contributed by atoms with van der Waals surface area (Å²) in [5.74, 6) is 3.06. The maximum absolute atomic E-state index is 2.55. The van der Waals surface area contributed by atoms with Crippen LogP contribution in [0.15, 0.2) is 202 Å². The fourth-order valence-corrected chi connectivity index (χ4v) is 11.9. The molecule has 0 radical (unpaired) electrons. The molecule has 0 spiro atoms. The molecule has 0 heterocycles. The van der Waals surface area contributed by atoms with Gasteiger partial charge in [-0.15, -0.1) is 0 Å². The smallest absolute Gasteiger partial charge is 0.0134 e. The molecular weight excluding hydrogens is 649 g/mol. The van der Waals surface area contributed by atoms with Gasteiger partial charge >= 0.3 is 0 Å². The van der Waals surface area contributed by atoms with E-state index in [-0.39, 0.29) is 0 Å². The number of hydrogen-bond acceptors (Lipinski definition) is 0. The van der Waals surface area contributed by atoms with E-state index < -0.39 is 0 Å². The van der Waals surface area contributed by atoms with Gasteiger partial charge in [-0.2, -0.15) is 0 Å². The molecule has 10 aliphatic carbocycles. The quantitative estimate of drug-likeness (QED) is 0.287. The third-order valence-corrected chi connectivity index (χ3v) is 14.4. The second kappa shape index (κ2) is 13.4. The van der Waals surface area contributed by atoms with E-state index >= 15 is 0 Å². The first kappa shape index (κ1) is 32.5. The number of hydrogen-bond donors (Lipinski definition) is 0. The summed E-state index contributed by atoms with van der Waals surface area (Å²) in [6, 6.07) is 9.47. The van der Waals surface area contributed by atoms with Crippen molar-refractivity contribution in [3.8, 4) is 0 Å². The summed E-state index contributed by atoms with van der Waals surface area (Å²) in [5, 5.41) is 2.96. The first-order valence-corrected chi connectivity index (χ1v) is 21.0. The highest BCUT2D eigenvalue weighted by atomic mass is 14.5. The first-order chi connectivity index (χ1) is 26.8. The highest BCUT2D eigenvalue weighted by Gasteiger charge is 2.42. The van der Waals surface area contributed by atoms with Crippen molar-refractivity contribution in [2.24, 2.45) is 35.5 Å². The van der Waals surface area contributed by atoms with E-state index in [0.717, 1.165) is 31.6 Å². The number of rotatable bonds is 5. The molecule has 0 nitrogen and oxygen atoms in total. The molecule has 0 aromatic heterocycles. The Morgan fingerprint density at radius 3 is 2.15 bits per heavy atom. The second-order valence-electron chi connectivity index (χ2n) is 17.0. The molecule has 6 unspecified atom stereocenters. The Kier molecular flexibility index (Phi) is 8.07. The van der Waals surface area contributed by atoms with Crippen molar-refractivity contribution in [3.05, 3.63) is 212 Å². The van der Waals surface area contributed by atoms with Crippen LogP contribution in [0.5, 0.6) is 0 Å². The van der Waals surface area contributed by atoms with Gasteiger partial charge in [-0.1, -0.05) is 146 Å². The lowest BCUT2D eigenvalue weighted by molar-refractivity contribution is 0.330. The summed E-state index contributed by atoms with van der Waals surface area (Å²) in [6.07, 6.45) is 59.9. The Bertz CT molecular complexity index is 2450. The van der Waals surface area contributed by atoms with E-state index in [1.54, 1.807) is 39.0 Å². The zero-order chi connectivity index (χ0) is 35.6. The molecule has 10 aliphatic rings. The van der Waals surface area contributed by atoms with Crippen LogP contribution in [0.1, 0.15) is 64.2 Å². The van der Waals surface area contributed by atoms with Crippen molar-refractivity contribution < 1.29 is 0 Å². The monoisotopic (exact) mass is 698 g/mol. The molecule has 1 saturated carbocycles. The molecule has 0 amide bonds. The molecule has 6 atom stereocenters. The summed E-state index contributed by atoms with van der Waals surface area (Å²) in [4.78, 5) is 0. The van der Waals surface area contributed by atoms with E-state index in [0.29, 0.717) is 29.6 Å². The first-order valence-electron chi connectivity index (χ1n) is 21.0. The van der Waals surface area contributed by atoms with E-state index in [1.165, 1.54) is 76.8 Å². The minimum atomic E-state index is 0.374. The summed E-state index contributed by atoms with van der Waals surface area (Å²) < 4.78 is 0. The van der Waals surface area contributed by atoms with Crippen molar-refractivity contribution in [3.63, 3.8) is 0 Å². The lowest BCUT2D eigenvalue weighted by atomic mass is 9.59. The van der Waals surface area contributed by atoms with Gasteiger partial charge in [0.05, 0.1) is 0 Å². The predicted molar refractivity (Wildman–Crippen MR) is 226 cm³/mol. The van der Waals surface area contributed by atoms with Crippen LogP contribution >= 0.6 is 0 Å². The SMILES string of the molecule is C1=CCCC(C2=CC=C(C=CC3=CC=C(C4=c5ccccc5=C(C5=C6CCC7CCC=C8C=CC(=C6C87)CC5)C5C=CC=CC45)CC3)C3C=CC=CC23)=C1. The fourth-order valence-electron chi connectivity index (χ4n) is 11.9. The van der Waals surface area contributed by atoms with Gasteiger partial charge in [-0.05, 0) is 147 Å². The van der Waals surface area contributed by atoms with Crippen LogP contribution in [-0.4, -0.2) is 0 Å². The van der Waals surface area contributed by atoms with Crippen LogP contribution in [0.25, 0.3) is 11.1 Å². The van der Waals surface area contributed by atoms with Crippen molar-refractivity contribution in [1.82, 2.24) is 0 Å². The Balaban J connectivity index is 0.972. The normalized spacial score (nSPS) is 31.6. The molecule has 1 fully saturated rings.